The summed E-state index contributed by atoms with van der Waals surface area (Å²) < 4.78 is 4.90. The van der Waals surface area contributed by atoms with Gasteiger partial charge in [0.2, 0.25) is 0 Å². The minimum atomic E-state index is 0.400. The lowest BCUT2D eigenvalue weighted by Gasteiger charge is -2.04. The molecule has 0 radical (unpaired) electrons. The van der Waals surface area contributed by atoms with Gasteiger partial charge in [-0.1, -0.05) is 0 Å². The molecule has 0 spiro atoms. The number of carbonyl (C=O) groups is 1. The number of rotatable bonds is 3. The predicted octanol–water partition coefficient (Wildman–Crippen LogP) is 1.31. The fraction of sp³-hybridized carbons (Fsp3) is 0.125. The number of hydrogen-bond acceptors (Lipinski definition) is 4. The Morgan fingerprint density at radius 2 is 2.33 bits per heavy atom. The van der Waals surface area contributed by atoms with E-state index in [4.69, 9.17) is 9.94 Å². The van der Waals surface area contributed by atoms with Crippen molar-refractivity contribution in [1.82, 2.24) is 0 Å². The lowest BCUT2D eigenvalue weighted by atomic mass is 10.2. The fourth-order valence-corrected chi connectivity index (χ4v) is 0.896. The molecular weight excluding hydrogens is 158 g/mol. The first kappa shape index (κ1) is 8.55. The molecule has 0 heterocycles. The molecule has 0 saturated carbocycles. The van der Waals surface area contributed by atoms with Gasteiger partial charge in [0.1, 0.15) is 5.75 Å². The third-order valence-electron chi connectivity index (χ3n) is 1.49. The Bertz CT molecular complexity index is 286. The second-order valence-corrected chi connectivity index (χ2v) is 2.19. The van der Waals surface area contributed by atoms with Crippen LogP contribution in [0.15, 0.2) is 18.2 Å². The van der Waals surface area contributed by atoms with E-state index >= 15 is 0 Å². The second kappa shape index (κ2) is 3.73. The molecule has 12 heavy (non-hydrogen) atoms. The van der Waals surface area contributed by atoms with E-state index in [1.165, 1.54) is 13.2 Å². The van der Waals surface area contributed by atoms with E-state index < -0.39 is 0 Å². The van der Waals surface area contributed by atoms with E-state index in [-0.39, 0.29) is 0 Å². The van der Waals surface area contributed by atoms with Gasteiger partial charge in [0.05, 0.1) is 18.4 Å². The summed E-state index contributed by atoms with van der Waals surface area (Å²) in [7, 11) is 1.48. The van der Waals surface area contributed by atoms with Crippen LogP contribution in [-0.4, -0.2) is 18.6 Å². The predicted molar refractivity (Wildman–Crippen MR) is 43.8 cm³/mol. The highest BCUT2D eigenvalue weighted by Crippen LogP contribution is 2.20. The van der Waals surface area contributed by atoms with Crippen LogP contribution in [0, 0.1) is 0 Å². The molecular formula is C8H9NO3. The average molecular weight is 167 g/mol. The van der Waals surface area contributed by atoms with Crippen molar-refractivity contribution in [2.75, 3.05) is 12.6 Å². The Labute approximate surface area is 69.7 Å². The van der Waals surface area contributed by atoms with Crippen LogP contribution in [0.3, 0.4) is 0 Å². The van der Waals surface area contributed by atoms with Crippen molar-refractivity contribution in [3.05, 3.63) is 23.8 Å². The highest BCUT2D eigenvalue weighted by atomic mass is 16.5. The van der Waals surface area contributed by atoms with Gasteiger partial charge in [-0.05, 0) is 18.2 Å². The number of hydrogen-bond donors (Lipinski definition) is 2. The maximum Gasteiger partial charge on any atom is 0.153 e. The van der Waals surface area contributed by atoms with Gasteiger partial charge in [0.25, 0.3) is 0 Å². The molecule has 64 valence electrons. The molecule has 0 aliphatic carbocycles. The van der Waals surface area contributed by atoms with Gasteiger partial charge < -0.3 is 4.74 Å². The lowest BCUT2D eigenvalue weighted by Crippen LogP contribution is -1.94. The third kappa shape index (κ3) is 1.54. The molecule has 0 amide bonds. The number of anilines is 1. The minimum absolute atomic E-state index is 0.400. The van der Waals surface area contributed by atoms with Crippen molar-refractivity contribution in [1.29, 1.82) is 0 Å². The zero-order valence-corrected chi connectivity index (χ0v) is 6.57. The number of aldehydes is 1. The van der Waals surface area contributed by atoms with E-state index in [1.54, 1.807) is 12.1 Å². The molecule has 0 saturated heterocycles. The Morgan fingerprint density at radius 1 is 1.58 bits per heavy atom. The smallest absolute Gasteiger partial charge is 0.153 e. The molecule has 2 N–H and O–H groups in total. The maximum atomic E-state index is 10.5. The molecule has 0 aliphatic rings. The Kier molecular flexibility index (Phi) is 2.66. The Hall–Kier alpha value is -1.55. The largest absolute Gasteiger partial charge is 0.496 e. The van der Waals surface area contributed by atoms with Gasteiger partial charge >= 0.3 is 0 Å². The lowest BCUT2D eigenvalue weighted by molar-refractivity contribution is 0.112. The minimum Gasteiger partial charge on any atom is -0.496 e. The highest BCUT2D eigenvalue weighted by molar-refractivity contribution is 5.81. The second-order valence-electron chi connectivity index (χ2n) is 2.19. The normalized spacial score (nSPS) is 9.17. The average Bonchev–Trinajstić information content (AvgIpc) is 2.16. The fourth-order valence-electron chi connectivity index (χ4n) is 0.896. The van der Waals surface area contributed by atoms with Gasteiger partial charge in [-0.2, -0.15) is 0 Å². The van der Waals surface area contributed by atoms with Crippen LogP contribution < -0.4 is 10.2 Å². The van der Waals surface area contributed by atoms with Crippen LogP contribution in [0.2, 0.25) is 0 Å². The molecule has 0 unspecified atom stereocenters. The molecule has 0 aromatic heterocycles. The van der Waals surface area contributed by atoms with Crippen molar-refractivity contribution in [3.63, 3.8) is 0 Å². The molecule has 0 atom stereocenters. The summed E-state index contributed by atoms with van der Waals surface area (Å²) in [5.74, 6) is 0.490. The molecule has 1 rings (SSSR count). The number of ether oxygens (including phenoxy) is 1. The molecule has 0 bridgehead atoms. The van der Waals surface area contributed by atoms with Gasteiger partial charge in [-0.25, -0.2) is 0 Å². The van der Waals surface area contributed by atoms with Gasteiger partial charge in [0, 0.05) is 0 Å². The van der Waals surface area contributed by atoms with Gasteiger partial charge in [-0.3, -0.25) is 15.5 Å². The first-order valence-corrected chi connectivity index (χ1v) is 3.35. The summed E-state index contributed by atoms with van der Waals surface area (Å²) in [6, 6.07) is 4.69. The summed E-state index contributed by atoms with van der Waals surface area (Å²) in [6.45, 7) is 0. The van der Waals surface area contributed by atoms with Crippen LogP contribution in [0.4, 0.5) is 5.69 Å². The number of benzene rings is 1. The molecule has 1 aromatic rings. The number of nitrogens with one attached hydrogen (secondary N) is 1. The van der Waals surface area contributed by atoms with Crippen molar-refractivity contribution in [2.45, 2.75) is 0 Å². The molecule has 0 aliphatic heterocycles. The zero-order valence-electron chi connectivity index (χ0n) is 6.57. The highest BCUT2D eigenvalue weighted by Gasteiger charge is 2.01. The van der Waals surface area contributed by atoms with E-state index in [0.717, 1.165) is 0 Å². The summed E-state index contributed by atoms with van der Waals surface area (Å²) in [5, 5.41) is 8.51. The van der Waals surface area contributed by atoms with E-state index in [2.05, 4.69) is 0 Å². The van der Waals surface area contributed by atoms with Crippen LogP contribution in [0.5, 0.6) is 5.75 Å². The monoisotopic (exact) mass is 167 g/mol. The summed E-state index contributed by atoms with van der Waals surface area (Å²) >= 11 is 0. The maximum absolute atomic E-state index is 10.5. The van der Waals surface area contributed by atoms with Crippen LogP contribution in [0.25, 0.3) is 0 Å². The SMILES string of the molecule is COc1ccc(NO)cc1C=O. The Balaban J connectivity index is 3.10. The zero-order chi connectivity index (χ0) is 8.97. The van der Waals surface area contributed by atoms with Crippen LogP contribution in [0.1, 0.15) is 10.4 Å². The Morgan fingerprint density at radius 3 is 2.83 bits per heavy atom. The number of methoxy groups -OCH3 is 1. The van der Waals surface area contributed by atoms with E-state index in [0.29, 0.717) is 23.3 Å². The molecule has 4 nitrogen and oxygen atoms in total. The van der Waals surface area contributed by atoms with Gasteiger partial charge in [-0.15, -0.1) is 0 Å². The summed E-state index contributed by atoms with van der Waals surface area (Å²) in [4.78, 5) is 10.5. The van der Waals surface area contributed by atoms with E-state index in [1.807, 2.05) is 5.48 Å². The third-order valence-corrected chi connectivity index (χ3v) is 1.49. The first-order valence-electron chi connectivity index (χ1n) is 3.35. The van der Waals surface area contributed by atoms with Gasteiger partial charge in [0.15, 0.2) is 6.29 Å². The summed E-state index contributed by atoms with van der Waals surface area (Å²) in [6.07, 6.45) is 0.666. The number of carbonyl (C=O) groups excluding carboxylic acids is 1. The quantitative estimate of drug-likeness (QED) is 0.526. The van der Waals surface area contributed by atoms with E-state index in [9.17, 15) is 4.79 Å². The summed E-state index contributed by atoms with van der Waals surface area (Å²) in [5.41, 5.74) is 2.79. The molecule has 1 aromatic carbocycles. The molecule has 0 fully saturated rings. The van der Waals surface area contributed by atoms with Crippen LogP contribution in [-0.2, 0) is 0 Å². The topological polar surface area (TPSA) is 58.6 Å². The first-order chi connectivity index (χ1) is 5.81. The standard InChI is InChI=1S/C8H9NO3/c1-12-8-3-2-7(9-11)4-6(8)5-10/h2-5,9,11H,1H3. The van der Waals surface area contributed by atoms with Crippen LogP contribution >= 0.6 is 0 Å². The van der Waals surface area contributed by atoms with Crippen molar-refractivity contribution >= 4 is 12.0 Å². The van der Waals surface area contributed by atoms with Crippen molar-refractivity contribution in [2.24, 2.45) is 0 Å². The van der Waals surface area contributed by atoms with Crippen molar-refractivity contribution < 1.29 is 14.7 Å². The molecule has 4 heteroatoms. The van der Waals surface area contributed by atoms with Crippen molar-refractivity contribution in [3.8, 4) is 5.75 Å².